The minimum absolute atomic E-state index is 0.0753. The first kappa shape index (κ1) is 16.8. The molecule has 1 saturated heterocycles. The summed E-state index contributed by atoms with van der Waals surface area (Å²) in [6, 6.07) is 5.57. The molecule has 0 radical (unpaired) electrons. The summed E-state index contributed by atoms with van der Waals surface area (Å²) in [4.78, 5) is 14.1. The first-order valence-electron chi connectivity index (χ1n) is 7.47. The van der Waals surface area contributed by atoms with Gasteiger partial charge >= 0.3 is 6.18 Å². The van der Waals surface area contributed by atoms with Gasteiger partial charge in [-0.3, -0.25) is 4.79 Å². The predicted molar refractivity (Wildman–Crippen MR) is 78.5 cm³/mol. The van der Waals surface area contributed by atoms with Crippen LogP contribution in [-0.2, 0) is 11.0 Å². The van der Waals surface area contributed by atoms with Gasteiger partial charge in [-0.25, -0.2) is 0 Å². The molecule has 1 fully saturated rings. The molecule has 6 heteroatoms. The molecular formula is C16H21F3N2O. The van der Waals surface area contributed by atoms with E-state index in [0.717, 1.165) is 19.2 Å². The normalized spacial score (nSPS) is 20.8. The number of hydrogen-bond acceptors (Lipinski definition) is 2. The lowest BCUT2D eigenvalue weighted by atomic mass is 9.92. The molecule has 3 nitrogen and oxygen atoms in total. The molecule has 1 aromatic rings. The number of nitrogens with zero attached hydrogens (tertiary/aromatic N) is 1. The molecule has 1 aliphatic heterocycles. The van der Waals surface area contributed by atoms with Crippen LogP contribution < -0.4 is 5.32 Å². The number of hydrogen-bond donors (Lipinski definition) is 1. The molecule has 0 saturated carbocycles. The van der Waals surface area contributed by atoms with Crippen molar-refractivity contribution in [3.05, 3.63) is 35.4 Å². The molecule has 0 aliphatic carbocycles. The predicted octanol–water partition coefficient (Wildman–Crippen LogP) is 3.02. The quantitative estimate of drug-likeness (QED) is 0.930. The van der Waals surface area contributed by atoms with Crippen molar-refractivity contribution < 1.29 is 18.0 Å². The summed E-state index contributed by atoms with van der Waals surface area (Å²) in [6.07, 6.45) is -4.30. The van der Waals surface area contributed by atoms with Crippen molar-refractivity contribution in [2.45, 2.75) is 38.4 Å². The third kappa shape index (κ3) is 3.80. The van der Waals surface area contributed by atoms with Gasteiger partial charge in [0.05, 0.1) is 5.56 Å². The highest BCUT2D eigenvalue weighted by Crippen LogP contribution is 2.36. The van der Waals surface area contributed by atoms with Crippen LogP contribution in [0.25, 0.3) is 0 Å². The number of rotatable bonds is 3. The minimum Gasteiger partial charge on any atom is -0.337 e. The number of carbonyl (C=O) groups is 1. The molecule has 0 aromatic heterocycles. The van der Waals surface area contributed by atoms with Gasteiger partial charge in [-0.2, -0.15) is 13.2 Å². The largest absolute Gasteiger partial charge is 0.416 e. The van der Waals surface area contributed by atoms with E-state index < -0.39 is 17.7 Å². The molecule has 0 spiro atoms. The van der Waals surface area contributed by atoms with E-state index in [-0.39, 0.29) is 23.9 Å². The maximum atomic E-state index is 13.1. The SMILES string of the molecule is CC(CC(=O)N1CCNC[C@@H]1C)c1ccccc1C(F)(F)F. The summed E-state index contributed by atoms with van der Waals surface area (Å²) in [6.45, 7) is 5.67. The number of piperazine rings is 1. The zero-order chi connectivity index (χ0) is 16.3. The number of benzene rings is 1. The Morgan fingerprint density at radius 1 is 1.41 bits per heavy atom. The first-order valence-corrected chi connectivity index (χ1v) is 7.47. The van der Waals surface area contributed by atoms with Crippen LogP contribution in [0.5, 0.6) is 0 Å². The Hall–Kier alpha value is -1.56. The molecule has 1 unspecified atom stereocenters. The Bertz CT molecular complexity index is 530. The van der Waals surface area contributed by atoms with E-state index in [1.807, 2.05) is 6.92 Å². The van der Waals surface area contributed by atoms with Gasteiger partial charge in [0.25, 0.3) is 0 Å². The lowest BCUT2D eigenvalue weighted by Gasteiger charge is -2.34. The van der Waals surface area contributed by atoms with Crippen LogP contribution in [0.2, 0.25) is 0 Å². The van der Waals surface area contributed by atoms with Gasteiger partial charge < -0.3 is 10.2 Å². The average Bonchev–Trinajstić information content (AvgIpc) is 2.46. The second-order valence-electron chi connectivity index (χ2n) is 5.83. The highest BCUT2D eigenvalue weighted by molar-refractivity contribution is 5.77. The van der Waals surface area contributed by atoms with Crippen molar-refractivity contribution in [1.82, 2.24) is 10.2 Å². The van der Waals surface area contributed by atoms with E-state index >= 15 is 0 Å². The summed E-state index contributed by atoms with van der Waals surface area (Å²) in [5.74, 6) is -0.550. The number of nitrogens with one attached hydrogen (secondary N) is 1. The Labute approximate surface area is 128 Å². The van der Waals surface area contributed by atoms with Crippen molar-refractivity contribution in [2.24, 2.45) is 0 Å². The number of halogens is 3. The average molecular weight is 314 g/mol. The summed E-state index contributed by atoms with van der Waals surface area (Å²) < 4.78 is 39.2. The molecule has 1 amide bonds. The zero-order valence-electron chi connectivity index (χ0n) is 12.8. The second kappa shape index (κ2) is 6.69. The van der Waals surface area contributed by atoms with Crippen LogP contribution in [0, 0.1) is 0 Å². The van der Waals surface area contributed by atoms with Crippen molar-refractivity contribution in [2.75, 3.05) is 19.6 Å². The van der Waals surface area contributed by atoms with E-state index in [1.54, 1.807) is 17.9 Å². The molecule has 1 heterocycles. The van der Waals surface area contributed by atoms with Crippen molar-refractivity contribution >= 4 is 5.91 Å². The van der Waals surface area contributed by atoms with Crippen molar-refractivity contribution in [1.29, 1.82) is 0 Å². The summed E-state index contributed by atoms with van der Waals surface area (Å²) >= 11 is 0. The van der Waals surface area contributed by atoms with Gasteiger partial charge in [0, 0.05) is 32.1 Å². The third-order valence-corrected chi connectivity index (χ3v) is 4.10. The third-order valence-electron chi connectivity index (χ3n) is 4.10. The highest BCUT2D eigenvalue weighted by Gasteiger charge is 2.35. The van der Waals surface area contributed by atoms with E-state index in [1.165, 1.54) is 12.1 Å². The van der Waals surface area contributed by atoms with Crippen LogP contribution in [0.3, 0.4) is 0 Å². The fourth-order valence-electron chi connectivity index (χ4n) is 2.89. The van der Waals surface area contributed by atoms with Crippen LogP contribution in [0.4, 0.5) is 13.2 Å². The molecular weight excluding hydrogens is 293 g/mol. The molecule has 1 N–H and O–H groups in total. The molecule has 1 aliphatic rings. The van der Waals surface area contributed by atoms with Gasteiger partial charge in [-0.15, -0.1) is 0 Å². The Balaban J connectivity index is 2.12. The number of carbonyl (C=O) groups excluding carboxylic acids is 1. The zero-order valence-corrected chi connectivity index (χ0v) is 12.8. The second-order valence-corrected chi connectivity index (χ2v) is 5.83. The maximum absolute atomic E-state index is 13.1. The van der Waals surface area contributed by atoms with Crippen molar-refractivity contribution in [3.8, 4) is 0 Å². The lowest BCUT2D eigenvalue weighted by molar-refractivity contribution is -0.139. The highest BCUT2D eigenvalue weighted by atomic mass is 19.4. The van der Waals surface area contributed by atoms with E-state index in [0.29, 0.717) is 6.54 Å². The molecule has 0 bridgehead atoms. The first-order chi connectivity index (χ1) is 10.3. The van der Waals surface area contributed by atoms with E-state index in [9.17, 15) is 18.0 Å². The minimum atomic E-state index is -4.39. The Morgan fingerprint density at radius 2 is 2.09 bits per heavy atom. The van der Waals surface area contributed by atoms with Gasteiger partial charge in [-0.1, -0.05) is 25.1 Å². The van der Waals surface area contributed by atoms with Crippen LogP contribution in [0.15, 0.2) is 24.3 Å². The summed E-state index contributed by atoms with van der Waals surface area (Å²) in [5, 5.41) is 3.19. The molecule has 22 heavy (non-hydrogen) atoms. The van der Waals surface area contributed by atoms with E-state index in [2.05, 4.69) is 5.32 Å². The monoisotopic (exact) mass is 314 g/mol. The molecule has 2 atom stereocenters. The number of amides is 1. The maximum Gasteiger partial charge on any atom is 0.416 e. The van der Waals surface area contributed by atoms with Crippen LogP contribution in [0.1, 0.15) is 37.3 Å². The van der Waals surface area contributed by atoms with Crippen LogP contribution >= 0.6 is 0 Å². The standard InChI is InChI=1S/C16H21F3N2O/c1-11(9-15(22)21-8-7-20-10-12(21)2)13-5-3-4-6-14(13)16(17,18)19/h3-6,11-12,20H,7-10H2,1-2H3/t11?,12-/m0/s1. The summed E-state index contributed by atoms with van der Waals surface area (Å²) in [7, 11) is 0. The molecule has 2 rings (SSSR count). The van der Waals surface area contributed by atoms with E-state index in [4.69, 9.17) is 0 Å². The molecule has 122 valence electrons. The van der Waals surface area contributed by atoms with Gasteiger partial charge in [0.1, 0.15) is 0 Å². The van der Waals surface area contributed by atoms with Crippen LogP contribution in [-0.4, -0.2) is 36.5 Å². The van der Waals surface area contributed by atoms with Gasteiger partial charge in [0.2, 0.25) is 5.91 Å². The summed E-state index contributed by atoms with van der Waals surface area (Å²) in [5.41, 5.74) is -0.463. The Morgan fingerprint density at radius 3 is 2.73 bits per heavy atom. The van der Waals surface area contributed by atoms with Gasteiger partial charge in [-0.05, 0) is 24.5 Å². The smallest absolute Gasteiger partial charge is 0.337 e. The fraction of sp³-hybridized carbons (Fsp3) is 0.562. The lowest BCUT2D eigenvalue weighted by Crippen LogP contribution is -2.52. The topological polar surface area (TPSA) is 32.3 Å². The Kier molecular flexibility index (Phi) is 5.11. The number of alkyl halides is 3. The van der Waals surface area contributed by atoms with Gasteiger partial charge in [0.15, 0.2) is 0 Å². The van der Waals surface area contributed by atoms with Crippen molar-refractivity contribution in [3.63, 3.8) is 0 Å². The fourth-order valence-corrected chi connectivity index (χ4v) is 2.89. The molecule has 1 aromatic carbocycles.